The quantitative estimate of drug-likeness (QED) is 0.819. The Hall–Kier alpha value is -1.48. The fourth-order valence-corrected chi connectivity index (χ4v) is 3.23. The SMILES string of the molecule is O=C(Cc1nc(-c2ccccc2)cs1)CC1CCC1. The number of thiazole rings is 1. The van der Waals surface area contributed by atoms with Crippen LogP contribution in [0.15, 0.2) is 35.7 Å². The average Bonchev–Trinajstić information content (AvgIpc) is 2.83. The van der Waals surface area contributed by atoms with Gasteiger partial charge in [0.2, 0.25) is 0 Å². The second kappa shape index (κ2) is 5.66. The first-order valence-electron chi connectivity index (χ1n) is 6.83. The minimum atomic E-state index is 0.346. The minimum absolute atomic E-state index is 0.346. The van der Waals surface area contributed by atoms with Gasteiger partial charge in [-0.1, -0.05) is 49.6 Å². The van der Waals surface area contributed by atoms with Gasteiger partial charge in [-0.25, -0.2) is 4.98 Å². The van der Waals surface area contributed by atoms with Gasteiger partial charge in [-0.15, -0.1) is 11.3 Å². The van der Waals surface area contributed by atoms with Gasteiger partial charge in [0.1, 0.15) is 10.8 Å². The third kappa shape index (κ3) is 3.10. The normalized spacial score (nSPS) is 15.2. The van der Waals surface area contributed by atoms with Crippen LogP contribution < -0.4 is 0 Å². The Labute approximate surface area is 117 Å². The Kier molecular flexibility index (Phi) is 3.74. The predicted octanol–water partition coefficient (Wildman–Crippen LogP) is 4.11. The van der Waals surface area contributed by atoms with E-state index in [1.165, 1.54) is 19.3 Å². The van der Waals surface area contributed by atoms with Crippen LogP contribution in [0.4, 0.5) is 0 Å². The van der Waals surface area contributed by atoms with E-state index in [1.54, 1.807) is 11.3 Å². The van der Waals surface area contributed by atoms with Crippen molar-refractivity contribution in [2.45, 2.75) is 32.1 Å². The fourth-order valence-electron chi connectivity index (χ4n) is 2.39. The van der Waals surface area contributed by atoms with Crippen LogP contribution in [-0.4, -0.2) is 10.8 Å². The number of nitrogens with zero attached hydrogens (tertiary/aromatic N) is 1. The summed E-state index contributed by atoms with van der Waals surface area (Å²) < 4.78 is 0. The van der Waals surface area contributed by atoms with Crippen molar-refractivity contribution in [2.75, 3.05) is 0 Å². The zero-order valence-corrected chi connectivity index (χ0v) is 11.7. The molecular formula is C16H17NOS. The molecule has 0 spiro atoms. The lowest BCUT2D eigenvalue weighted by atomic mass is 9.81. The van der Waals surface area contributed by atoms with Crippen LogP contribution in [0.2, 0.25) is 0 Å². The number of rotatable bonds is 5. The van der Waals surface area contributed by atoms with Crippen molar-refractivity contribution in [3.8, 4) is 11.3 Å². The summed E-state index contributed by atoms with van der Waals surface area (Å²) in [5.74, 6) is 1.000. The zero-order valence-electron chi connectivity index (χ0n) is 10.8. The summed E-state index contributed by atoms with van der Waals surface area (Å²) in [7, 11) is 0. The number of hydrogen-bond acceptors (Lipinski definition) is 3. The van der Waals surface area contributed by atoms with E-state index in [0.717, 1.165) is 22.7 Å². The first-order chi connectivity index (χ1) is 9.31. The van der Waals surface area contributed by atoms with Crippen LogP contribution >= 0.6 is 11.3 Å². The maximum Gasteiger partial charge on any atom is 0.139 e. The summed E-state index contributed by atoms with van der Waals surface area (Å²) in [5, 5.41) is 2.99. The number of aromatic nitrogens is 1. The van der Waals surface area contributed by atoms with E-state index in [4.69, 9.17) is 0 Å². The third-order valence-corrected chi connectivity index (χ3v) is 4.56. The van der Waals surface area contributed by atoms with Gasteiger partial charge in [-0.3, -0.25) is 4.79 Å². The Morgan fingerprint density at radius 2 is 2.05 bits per heavy atom. The molecule has 1 fully saturated rings. The molecule has 0 N–H and O–H groups in total. The van der Waals surface area contributed by atoms with Crippen LogP contribution in [-0.2, 0) is 11.2 Å². The summed E-state index contributed by atoms with van der Waals surface area (Å²) in [6.07, 6.45) is 5.03. The Morgan fingerprint density at radius 1 is 1.26 bits per heavy atom. The molecule has 1 aliphatic rings. The second-order valence-electron chi connectivity index (χ2n) is 5.21. The highest BCUT2D eigenvalue weighted by Gasteiger charge is 2.21. The Morgan fingerprint density at radius 3 is 2.74 bits per heavy atom. The molecule has 1 heterocycles. The van der Waals surface area contributed by atoms with E-state index in [2.05, 4.69) is 17.1 Å². The van der Waals surface area contributed by atoms with Gasteiger partial charge in [0.05, 0.1) is 12.1 Å². The second-order valence-corrected chi connectivity index (χ2v) is 6.15. The van der Waals surface area contributed by atoms with Gasteiger partial charge >= 0.3 is 0 Å². The van der Waals surface area contributed by atoms with Crippen molar-refractivity contribution in [1.82, 2.24) is 4.98 Å². The average molecular weight is 271 g/mol. The van der Waals surface area contributed by atoms with E-state index in [9.17, 15) is 4.79 Å². The molecule has 0 aliphatic heterocycles. The molecule has 2 nitrogen and oxygen atoms in total. The molecule has 1 aromatic carbocycles. The highest BCUT2D eigenvalue weighted by Crippen LogP contribution is 2.30. The van der Waals surface area contributed by atoms with Gasteiger partial charge in [-0.2, -0.15) is 0 Å². The maximum absolute atomic E-state index is 11.9. The summed E-state index contributed by atoms with van der Waals surface area (Å²) >= 11 is 1.59. The highest BCUT2D eigenvalue weighted by molar-refractivity contribution is 7.10. The topological polar surface area (TPSA) is 30.0 Å². The van der Waals surface area contributed by atoms with Crippen LogP contribution in [0, 0.1) is 5.92 Å². The smallest absolute Gasteiger partial charge is 0.139 e. The molecule has 98 valence electrons. The molecule has 3 rings (SSSR count). The van der Waals surface area contributed by atoms with Crippen molar-refractivity contribution in [3.05, 3.63) is 40.7 Å². The molecule has 0 saturated heterocycles. The summed E-state index contributed by atoms with van der Waals surface area (Å²) in [6, 6.07) is 10.1. The Bertz CT molecular complexity index is 557. The van der Waals surface area contributed by atoms with Gasteiger partial charge in [0.15, 0.2) is 0 Å². The van der Waals surface area contributed by atoms with Crippen LogP contribution in [0.3, 0.4) is 0 Å². The van der Waals surface area contributed by atoms with Crippen molar-refractivity contribution < 1.29 is 4.79 Å². The first kappa shape index (κ1) is 12.5. The van der Waals surface area contributed by atoms with E-state index >= 15 is 0 Å². The van der Waals surface area contributed by atoms with Crippen molar-refractivity contribution in [2.24, 2.45) is 5.92 Å². The Balaban J connectivity index is 1.63. The van der Waals surface area contributed by atoms with E-state index in [-0.39, 0.29) is 0 Å². The lowest BCUT2D eigenvalue weighted by Crippen LogP contribution is -2.16. The molecule has 1 saturated carbocycles. The first-order valence-corrected chi connectivity index (χ1v) is 7.71. The molecule has 1 aliphatic carbocycles. The standard InChI is InChI=1S/C16H17NOS/c18-14(9-12-5-4-6-12)10-16-17-15(11-19-16)13-7-2-1-3-8-13/h1-3,7-8,11-12H,4-6,9-10H2. The number of carbonyl (C=O) groups excluding carboxylic acids is 1. The number of carbonyl (C=O) groups is 1. The van der Waals surface area contributed by atoms with Crippen LogP contribution in [0.5, 0.6) is 0 Å². The molecular weight excluding hydrogens is 254 g/mol. The molecule has 19 heavy (non-hydrogen) atoms. The number of ketones is 1. The minimum Gasteiger partial charge on any atom is -0.299 e. The molecule has 0 atom stereocenters. The third-order valence-electron chi connectivity index (χ3n) is 3.71. The van der Waals surface area contributed by atoms with Crippen molar-refractivity contribution in [3.63, 3.8) is 0 Å². The molecule has 2 aromatic rings. The van der Waals surface area contributed by atoms with Gasteiger partial charge in [-0.05, 0) is 5.92 Å². The van der Waals surface area contributed by atoms with Crippen molar-refractivity contribution >= 4 is 17.1 Å². The summed E-state index contributed by atoms with van der Waals surface area (Å²) in [6.45, 7) is 0. The van der Waals surface area contributed by atoms with E-state index in [0.29, 0.717) is 18.1 Å². The maximum atomic E-state index is 11.9. The highest BCUT2D eigenvalue weighted by atomic mass is 32.1. The fraction of sp³-hybridized carbons (Fsp3) is 0.375. The number of benzene rings is 1. The lowest BCUT2D eigenvalue weighted by molar-refractivity contribution is -0.119. The number of hydrogen-bond donors (Lipinski definition) is 0. The summed E-state index contributed by atoms with van der Waals surface area (Å²) in [4.78, 5) is 16.5. The molecule has 3 heteroatoms. The molecule has 0 amide bonds. The largest absolute Gasteiger partial charge is 0.299 e. The molecule has 0 unspecified atom stereocenters. The lowest BCUT2D eigenvalue weighted by Gasteiger charge is -2.24. The molecule has 0 bridgehead atoms. The summed E-state index contributed by atoms with van der Waals surface area (Å²) in [5.41, 5.74) is 2.11. The van der Waals surface area contributed by atoms with E-state index in [1.807, 2.05) is 23.6 Å². The van der Waals surface area contributed by atoms with Crippen LogP contribution in [0.25, 0.3) is 11.3 Å². The number of Topliss-reactive ketones (excluding diaryl/α,β-unsaturated/α-hetero) is 1. The zero-order chi connectivity index (χ0) is 13.1. The van der Waals surface area contributed by atoms with Crippen molar-refractivity contribution in [1.29, 1.82) is 0 Å². The van der Waals surface area contributed by atoms with Gasteiger partial charge in [0.25, 0.3) is 0 Å². The van der Waals surface area contributed by atoms with Crippen LogP contribution in [0.1, 0.15) is 30.7 Å². The predicted molar refractivity (Wildman–Crippen MR) is 78.2 cm³/mol. The monoisotopic (exact) mass is 271 g/mol. The van der Waals surface area contributed by atoms with Gasteiger partial charge in [0, 0.05) is 17.4 Å². The molecule has 0 radical (unpaired) electrons. The molecule has 1 aromatic heterocycles. The van der Waals surface area contributed by atoms with E-state index < -0.39 is 0 Å². The van der Waals surface area contributed by atoms with Gasteiger partial charge < -0.3 is 0 Å².